The standard InChI is InChI=1S/C20H28N4O2/c1-14-3-4-17(9-15(14)2)24-12-16(10-19(24)25)20(26)21-11-18-13-22-5-7-23(18)8-6-22/h3-4,9,16,18H,5-8,10-13H2,1-2H3,(H,21,26). The van der Waals surface area contributed by atoms with E-state index in [1.807, 2.05) is 25.1 Å². The van der Waals surface area contributed by atoms with Crippen molar-refractivity contribution in [2.75, 3.05) is 50.7 Å². The normalized spacial score (nSPS) is 30.7. The second-order valence-corrected chi connectivity index (χ2v) is 7.91. The first kappa shape index (κ1) is 17.5. The maximum Gasteiger partial charge on any atom is 0.227 e. The molecular weight excluding hydrogens is 328 g/mol. The summed E-state index contributed by atoms with van der Waals surface area (Å²) < 4.78 is 0. The van der Waals surface area contributed by atoms with E-state index < -0.39 is 0 Å². The van der Waals surface area contributed by atoms with Gasteiger partial charge in [0.2, 0.25) is 11.8 Å². The number of benzene rings is 1. The van der Waals surface area contributed by atoms with Gasteiger partial charge in [0.1, 0.15) is 0 Å². The molecule has 4 aliphatic heterocycles. The van der Waals surface area contributed by atoms with Crippen molar-refractivity contribution >= 4 is 17.5 Å². The van der Waals surface area contributed by atoms with Gasteiger partial charge in [0.05, 0.1) is 5.92 Å². The molecule has 0 spiro atoms. The third-order valence-corrected chi connectivity index (χ3v) is 6.20. The molecule has 5 rings (SSSR count). The third-order valence-electron chi connectivity index (χ3n) is 6.20. The average molecular weight is 356 g/mol. The maximum absolute atomic E-state index is 12.6. The van der Waals surface area contributed by atoms with Gasteiger partial charge in [-0.05, 0) is 37.1 Å². The second-order valence-electron chi connectivity index (χ2n) is 7.91. The van der Waals surface area contributed by atoms with Crippen LogP contribution >= 0.6 is 0 Å². The lowest BCUT2D eigenvalue weighted by Crippen LogP contribution is -2.63. The van der Waals surface area contributed by atoms with Crippen LogP contribution in [0.2, 0.25) is 0 Å². The summed E-state index contributed by atoms with van der Waals surface area (Å²) in [5.74, 6) is -0.192. The van der Waals surface area contributed by atoms with Crippen molar-refractivity contribution in [1.82, 2.24) is 15.1 Å². The molecule has 140 valence electrons. The predicted octanol–water partition coefficient (Wildman–Crippen LogP) is 0.772. The Morgan fingerprint density at radius 3 is 2.54 bits per heavy atom. The smallest absolute Gasteiger partial charge is 0.227 e. The highest BCUT2D eigenvalue weighted by Gasteiger charge is 2.36. The van der Waals surface area contributed by atoms with Crippen molar-refractivity contribution in [3.05, 3.63) is 29.3 Å². The molecule has 0 radical (unpaired) electrons. The minimum Gasteiger partial charge on any atom is -0.354 e. The molecule has 1 aromatic carbocycles. The topological polar surface area (TPSA) is 55.9 Å². The number of hydrogen-bond acceptors (Lipinski definition) is 4. The molecule has 4 heterocycles. The van der Waals surface area contributed by atoms with Gasteiger partial charge in [0.25, 0.3) is 0 Å². The molecule has 2 atom stereocenters. The Morgan fingerprint density at radius 1 is 1.12 bits per heavy atom. The molecule has 2 bridgehead atoms. The summed E-state index contributed by atoms with van der Waals surface area (Å²) in [6.07, 6.45) is 0.305. The number of amides is 2. The molecule has 4 saturated heterocycles. The number of nitrogens with zero attached hydrogens (tertiary/aromatic N) is 3. The van der Waals surface area contributed by atoms with Gasteiger partial charge in [-0.25, -0.2) is 0 Å². The van der Waals surface area contributed by atoms with Crippen LogP contribution in [0.4, 0.5) is 5.69 Å². The SMILES string of the molecule is Cc1ccc(N2CC(C(=O)NCC3CN4CCN3CC4)CC2=O)cc1C. The van der Waals surface area contributed by atoms with Gasteiger partial charge < -0.3 is 10.2 Å². The van der Waals surface area contributed by atoms with Gasteiger partial charge in [0.15, 0.2) is 0 Å². The van der Waals surface area contributed by atoms with Crippen LogP contribution in [-0.4, -0.2) is 73.5 Å². The first-order valence-corrected chi connectivity index (χ1v) is 9.63. The van der Waals surface area contributed by atoms with Gasteiger partial charge in [-0.3, -0.25) is 19.4 Å². The molecule has 0 aliphatic carbocycles. The fraction of sp³-hybridized carbons (Fsp3) is 0.600. The van der Waals surface area contributed by atoms with E-state index >= 15 is 0 Å². The van der Waals surface area contributed by atoms with Crippen LogP contribution in [0.3, 0.4) is 0 Å². The van der Waals surface area contributed by atoms with Crippen molar-refractivity contribution < 1.29 is 9.59 Å². The molecule has 6 nitrogen and oxygen atoms in total. The summed E-state index contributed by atoms with van der Waals surface area (Å²) in [6.45, 7) is 10.8. The quantitative estimate of drug-likeness (QED) is 0.866. The van der Waals surface area contributed by atoms with Crippen molar-refractivity contribution in [3.8, 4) is 0 Å². The van der Waals surface area contributed by atoms with Crippen LogP contribution < -0.4 is 10.2 Å². The third kappa shape index (κ3) is 3.35. The van der Waals surface area contributed by atoms with E-state index in [4.69, 9.17) is 0 Å². The summed E-state index contributed by atoms with van der Waals surface area (Å²) in [7, 11) is 0. The minimum absolute atomic E-state index is 0.0160. The van der Waals surface area contributed by atoms with Crippen molar-refractivity contribution in [3.63, 3.8) is 0 Å². The van der Waals surface area contributed by atoms with Gasteiger partial charge in [-0.1, -0.05) is 6.07 Å². The molecular formula is C20H28N4O2. The number of piperazine rings is 3. The van der Waals surface area contributed by atoms with E-state index in [1.54, 1.807) is 4.90 Å². The Morgan fingerprint density at radius 2 is 1.88 bits per heavy atom. The average Bonchev–Trinajstić information content (AvgIpc) is 3.05. The molecule has 2 unspecified atom stereocenters. The summed E-state index contributed by atoms with van der Waals surface area (Å²) in [6, 6.07) is 6.46. The lowest BCUT2D eigenvalue weighted by molar-refractivity contribution is -0.126. The van der Waals surface area contributed by atoms with Gasteiger partial charge in [-0.2, -0.15) is 0 Å². The van der Waals surface area contributed by atoms with Gasteiger partial charge in [0, 0.05) is 64.0 Å². The van der Waals surface area contributed by atoms with E-state index in [-0.39, 0.29) is 17.7 Å². The van der Waals surface area contributed by atoms with E-state index in [2.05, 4.69) is 22.0 Å². The molecule has 1 aromatic rings. The van der Waals surface area contributed by atoms with E-state index in [0.29, 0.717) is 25.6 Å². The number of hydrogen-bond donors (Lipinski definition) is 1. The Kier molecular flexibility index (Phi) is 4.71. The van der Waals surface area contributed by atoms with Crippen LogP contribution in [0, 0.1) is 19.8 Å². The number of anilines is 1. The molecule has 6 heteroatoms. The summed E-state index contributed by atoms with van der Waals surface area (Å²) in [5.41, 5.74) is 3.28. The predicted molar refractivity (Wildman–Crippen MR) is 101 cm³/mol. The van der Waals surface area contributed by atoms with Crippen LogP contribution in [0.15, 0.2) is 18.2 Å². The Balaban J connectivity index is 1.34. The zero-order valence-electron chi connectivity index (χ0n) is 15.7. The molecule has 1 N–H and O–H groups in total. The van der Waals surface area contributed by atoms with E-state index in [0.717, 1.165) is 38.4 Å². The fourth-order valence-corrected chi connectivity index (χ4v) is 4.31. The maximum atomic E-state index is 12.6. The highest BCUT2D eigenvalue weighted by atomic mass is 16.2. The lowest BCUT2D eigenvalue weighted by atomic mass is 10.1. The summed E-state index contributed by atoms with van der Waals surface area (Å²) >= 11 is 0. The molecule has 4 fully saturated rings. The molecule has 0 aromatic heterocycles. The molecule has 26 heavy (non-hydrogen) atoms. The zero-order chi connectivity index (χ0) is 18.3. The van der Waals surface area contributed by atoms with Crippen LogP contribution in [0.1, 0.15) is 17.5 Å². The lowest BCUT2D eigenvalue weighted by Gasteiger charge is -2.47. The van der Waals surface area contributed by atoms with Crippen molar-refractivity contribution in [2.45, 2.75) is 26.3 Å². The van der Waals surface area contributed by atoms with E-state index in [9.17, 15) is 9.59 Å². The Labute approximate surface area is 155 Å². The van der Waals surface area contributed by atoms with Crippen LogP contribution in [-0.2, 0) is 9.59 Å². The summed E-state index contributed by atoms with van der Waals surface area (Å²) in [5, 5.41) is 3.11. The monoisotopic (exact) mass is 356 g/mol. The number of fused-ring (bicyclic) bond motifs is 3. The van der Waals surface area contributed by atoms with Crippen molar-refractivity contribution in [2.24, 2.45) is 5.92 Å². The van der Waals surface area contributed by atoms with Gasteiger partial charge >= 0.3 is 0 Å². The first-order chi connectivity index (χ1) is 12.5. The highest BCUT2D eigenvalue weighted by Crippen LogP contribution is 2.27. The Hall–Kier alpha value is -1.92. The van der Waals surface area contributed by atoms with Gasteiger partial charge in [-0.15, -0.1) is 0 Å². The molecule has 0 saturated carbocycles. The van der Waals surface area contributed by atoms with Crippen molar-refractivity contribution in [1.29, 1.82) is 0 Å². The fourth-order valence-electron chi connectivity index (χ4n) is 4.31. The molecule has 2 amide bonds. The first-order valence-electron chi connectivity index (χ1n) is 9.63. The minimum atomic E-state index is -0.250. The largest absolute Gasteiger partial charge is 0.354 e. The van der Waals surface area contributed by atoms with Crippen LogP contribution in [0.25, 0.3) is 0 Å². The number of carbonyl (C=O) groups excluding carboxylic acids is 2. The Bertz CT molecular complexity index is 712. The number of nitrogens with one attached hydrogen (secondary N) is 1. The highest BCUT2D eigenvalue weighted by molar-refractivity contribution is 6.00. The second kappa shape index (κ2) is 7.00. The number of carbonyl (C=O) groups is 2. The summed E-state index contributed by atoms with van der Waals surface area (Å²) in [4.78, 5) is 31.7. The molecule has 4 aliphatic rings. The van der Waals surface area contributed by atoms with Crippen LogP contribution in [0.5, 0.6) is 0 Å². The number of rotatable bonds is 4. The zero-order valence-corrected chi connectivity index (χ0v) is 15.7. The van der Waals surface area contributed by atoms with E-state index in [1.165, 1.54) is 11.1 Å². The number of aryl methyl sites for hydroxylation is 2.